The summed E-state index contributed by atoms with van der Waals surface area (Å²) in [4.78, 5) is 22.9. The number of aromatic carboxylic acids is 1. The Kier molecular flexibility index (Phi) is 5.36. The molecule has 19 heavy (non-hydrogen) atoms. The highest BCUT2D eigenvalue weighted by Crippen LogP contribution is 2.20. The topological polar surface area (TPSA) is 78.4 Å². The molecule has 0 saturated carbocycles. The van der Waals surface area contributed by atoms with Gasteiger partial charge in [-0.2, -0.15) is 0 Å². The maximum absolute atomic E-state index is 11.8. The second-order valence-electron chi connectivity index (χ2n) is 4.59. The number of hydrogen-bond acceptors (Lipinski definition) is 2. The van der Waals surface area contributed by atoms with Gasteiger partial charge < -0.3 is 15.7 Å². The van der Waals surface area contributed by atoms with Gasteiger partial charge in [-0.3, -0.25) is 0 Å². The van der Waals surface area contributed by atoms with Crippen molar-refractivity contribution in [1.82, 2.24) is 5.32 Å². The quantitative estimate of drug-likeness (QED) is 0.765. The van der Waals surface area contributed by atoms with Gasteiger partial charge in [-0.05, 0) is 31.9 Å². The molecule has 0 spiro atoms. The fraction of sp³-hybridized carbons (Fsp3) is 0.429. The van der Waals surface area contributed by atoms with Crippen LogP contribution in [0.4, 0.5) is 10.5 Å². The van der Waals surface area contributed by atoms with E-state index < -0.39 is 5.97 Å². The largest absolute Gasteiger partial charge is 0.478 e. The number of carboxylic acid groups (broad SMARTS) is 1. The second-order valence-corrected chi connectivity index (χ2v) is 4.59. The summed E-state index contributed by atoms with van der Waals surface area (Å²) < 4.78 is 0. The van der Waals surface area contributed by atoms with E-state index in [1.807, 2.05) is 13.8 Å². The van der Waals surface area contributed by atoms with Crippen molar-refractivity contribution in [2.24, 2.45) is 0 Å². The zero-order chi connectivity index (χ0) is 14.4. The number of urea groups is 1. The summed E-state index contributed by atoms with van der Waals surface area (Å²) in [6.45, 7) is 5.72. The van der Waals surface area contributed by atoms with Crippen molar-refractivity contribution in [3.63, 3.8) is 0 Å². The van der Waals surface area contributed by atoms with Crippen molar-refractivity contribution in [1.29, 1.82) is 0 Å². The Morgan fingerprint density at radius 3 is 2.63 bits per heavy atom. The van der Waals surface area contributed by atoms with Crippen molar-refractivity contribution in [2.75, 3.05) is 5.32 Å². The smallest absolute Gasteiger partial charge is 0.337 e. The van der Waals surface area contributed by atoms with Crippen molar-refractivity contribution < 1.29 is 14.7 Å². The molecule has 5 heteroatoms. The van der Waals surface area contributed by atoms with E-state index in [0.29, 0.717) is 5.69 Å². The SMILES string of the molecule is CCCC(C)NC(=O)Nc1c(C)cccc1C(=O)O. The number of nitrogens with one attached hydrogen (secondary N) is 2. The first-order valence-corrected chi connectivity index (χ1v) is 6.36. The van der Waals surface area contributed by atoms with Gasteiger partial charge in [-0.15, -0.1) is 0 Å². The Labute approximate surface area is 113 Å². The maximum Gasteiger partial charge on any atom is 0.337 e. The lowest BCUT2D eigenvalue weighted by molar-refractivity contribution is 0.0698. The number of anilines is 1. The number of aryl methyl sites for hydroxylation is 1. The molecule has 104 valence electrons. The van der Waals surface area contributed by atoms with Crippen molar-refractivity contribution >= 4 is 17.7 Å². The van der Waals surface area contributed by atoms with Gasteiger partial charge in [0.05, 0.1) is 11.3 Å². The highest BCUT2D eigenvalue weighted by molar-refractivity contribution is 6.01. The lowest BCUT2D eigenvalue weighted by atomic mass is 10.1. The molecule has 0 aliphatic heterocycles. The van der Waals surface area contributed by atoms with Crippen molar-refractivity contribution in [2.45, 2.75) is 39.7 Å². The first-order chi connectivity index (χ1) is 8.95. The van der Waals surface area contributed by atoms with Gasteiger partial charge in [-0.25, -0.2) is 9.59 Å². The van der Waals surface area contributed by atoms with Crippen LogP contribution in [0.3, 0.4) is 0 Å². The standard InChI is InChI=1S/C14H20N2O3/c1-4-6-10(3)15-14(19)16-12-9(2)7-5-8-11(12)13(17)18/h5,7-8,10H,4,6H2,1-3H3,(H,17,18)(H2,15,16,19). The lowest BCUT2D eigenvalue weighted by Crippen LogP contribution is -2.36. The van der Waals surface area contributed by atoms with Crippen molar-refractivity contribution in [3.8, 4) is 0 Å². The van der Waals surface area contributed by atoms with Crippen LogP contribution in [0.25, 0.3) is 0 Å². The molecule has 1 atom stereocenters. The van der Waals surface area contributed by atoms with Gasteiger partial charge in [-0.1, -0.05) is 25.5 Å². The predicted molar refractivity (Wildman–Crippen MR) is 74.7 cm³/mol. The normalized spacial score (nSPS) is 11.7. The van der Waals surface area contributed by atoms with Crippen LogP contribution in [0, 0.1) is 6.92 Å². The molecule has 0 aliphatic rings. The zero-order valence-electron chi connectivity index (χ0n) is 11.5. The van der Waals surface area contributed by atoms with Crippen LogP contribution in [-0.2, 0) is 0 Å². The molecule has 5 nitrogen and oxygen atoms in total. The number of amides is 2. The van der Waals surface area contributed by atoms with Gasteiger partial charge >= 0.3 is 12.0 Å². The highest BCUT2D eigenvalue weighted by atomic mass is 16.4. The molecule has 0 bridgehead atoms. The molecular formula is C14H20N2O3. The Morgan fingerprint density at radius 2 is 2.05 bits per heavy atom. The highest BCUT2D eigenvalue weighted by Gasteiger charge is 2.15. The van der Waals surface area contributed by atoms with Gasteiger partial charge in [0.2, 0.25) is 0 Å². The summed E-state index contributed by atoms with van der Waals surface area (Å²) in [5.41, 5.74) is 1.16. The Bertz CT molecular complexity index is 472. The molecule has 1 rings (SSSR count). The number of hydrogen-bond donors (Lipinski definition) is 3. The molecule has 0 heterocycles. The minimum Gasteiger partial charge on any atom is -0.478 e. The zero-order valence-corrected chi connectivity index (χ0v) is 11.5. The van der Waals surface area contributed by atoms with Crippen LogP contribution in [0.1, 0.15) is 42.6 Å². The van der Waals surface area contributed by atoms with E-state index in [4.69, 9.17) is 5.11 Å². The number of rotatable bonds is 5. The summed E-state index contributed by atoms with van der Waals surface area (Å²) in [6.07, 6.45) is 1.86. The average Bonchev–Trinajstić information content (AvgIpc) is 2.31. The molecule has 3 N–H and O–H groups in total. The first-order valence-electron chi connectivity index (χ1n) is 6.36. The van der Waals surface area contributed by atoms with E-state index in [9.17, 15) is 9.59 Å². The van der Waals surface area contributed by atoms with E-state index in [1.165, 1.54) is 6.07 Å². The van der Waals surface area contributed by atoms with E-state index in [1.54, 1.807) is 19.1 Å². The third kappa shape index (κ3) is 4.28. The number of carboxylic acids is 1. The molecule has 1 aromatic rings. The summed E-state index contributed by atoms with van der Waals surface area (Å²) in [7, 11) is 0. The Hall–Kier alpha value is -2.04. The molecule has 2 amide bonds. The summed E-state index contributed by atoms with van der Waals surface area (Å²) in [5.74, 6) is -1.05. The molecule has 0 saturated heterocycles. The van der Waals surface area contributed by atoms with E-state index in [2.05, 4.69) is 10.6 Å². The van der Waals surface area contributed by atoms with Gasteiger partial charge in [0.1, 0.15) is 0 Å². The Morgan fingerprint density at radius 1 is 1.37 bits per heavy atom. The molecule has 1 aromatic carbocycles. The number of benzene rings is 1. The molecule has 0 radical (unpaired) electrons. The van der Waals surface area contributed by atoms with Crippen LogP contribution in [0.2, 0.25) is 0 Å². The minimum atomic E-state index is -1.05. The number of para-hydroxylation sites is 1. The third-order valence-electron chi connectivity index (χ3n) is 2.84. The van der Waals surface area contributed by atoms with Gasteiger partial charge in [0.15, 0.2) is 0 Å². The molecule has 0 aromatic heterocycles. The summed E-state index contributed by atoms with van der Waals surface area (Å²) in [5, 5.41) is 14.5. The first kappa shape index (κ1) is 15.0. The third-order valence-corrected chi connectivity index (χ3v) is 2.84. The van der Waals surface area contributed by atoms with E-state index >= 15 is 0 Å². The van der Waals surface area contributed by atoms with E-state index in [-0.39, 0.29) is 17.6 Å². The van der Waals surface area contributed by atoms with Crippen molar-refractivity contribution in [3.05, 3.63) is 29.3 Å². The number of carbonyl (C=O) groups is 2. The van der Waals surface area contributed by atoms with Crippen LogP contribution in [0.15, 0.2) is 18.2 Å². The monoisotopic (exact) mass is 264 g/mol. The molecule has 0 aliphatic carbocycles. The molecular weight excluding hydrogens is 244 g/mol. The summed E-state index contributed by atoms with van der Waals surface area (Å²) in [6, 6.07) is 4.57. The van der Waals surface area contributed by atoms with Crippen LogP contribution in [-0.4, -0.2) is 23.1 Å². The number of carbonyl (C=O) groups excluding carboxylic acids is 1. The maximum atomic E-state index is 11.8. The molecule has 1 unspecified atom stereocenters. The molecule has 0 fully saturated rings. The fourth-order valence-corrected chi connectivity index (χ4v) is 1.89. The van der Waals surface area contributed by atoms with Crippen LogP contribution < -0.4 is 10.6 Å². The minimum absolute atomic E-state index is 0.0577. The van der Waals surface area contributed by atoms with Gasteiger partial charge in [0.25, 0.3) is 0 Å². The Balaban J connectivity index is 2.82. The summed E-state index contributed by atoms with van der Waals surface area (Å²) >= 11 is 0. The average molecular weight is 264 g/mol. The van der Waals surface area contributed by atoms with Crippen LogP contribution in [0.5, 0.6) is 0 Å². The second kappa shape index (κ2) is 6.78. The predicted octanol–water partition coefficient (Wildman–Crippen LogP) is 3.00. The lowest BCUT2D eigenvalue weighted by Gasteiger charge is -2.16. The van der Waals surface area contributed by atoms with Crippen LogP contribution >= 0.6 is 0 Å². The fourth-order valence-electron chi connectivity index (χ4n) is 1.89. The van der Waals surface area contributed by atoms with E-state index in [0.717, 1.165) is 18.4 Å². The van der Waals surface area contributed by atoms with Gasteiger partial charge in [0, 0.05) is 6.04 Å².